The number of Topliss-reactive ketones (excluding diaryl/α,β-unsaturated/α-hetero) is 1. The van der Waals surface area contributed by atoms with Gasteiger partial charge in [0.25, 0.3) is 0 Å². The summed E-state index contributed by atoms with van der Waals surface area (Å²) in [5, 5.41) is 0. The number of halogens is 1. The number of ketones is 1. The summed E-state index contributed by atoms with van der Waals surface area (Å²) >= 11 is 1.69. The number of rotatable bonds is 5. The number of thioether (sulfide) groups is 1. The Morgan fingerprint density at radius 3 is 2.47 bits per heavy atom. The molecule has 1 aliphatic rings. The standard InChI is InChI=1S/C14H19NO2S.ClH/c1-18-13-4-2-12(3-5-13)14(16)6-7-15-8-10-17-11-9-15;/h2-5H,6-11H2,1H3;1H. The van der Waals surface area contributed by atoms with Gasteiger partial charge in [-0.05, 0) is 18.4 Å². The van der Waals surface area contributed by atoms with E-state index in [9.17, 15) is 4.79 Å². The molecule has 0 saturated carbocycles. The van der Waals surface area contributed by atoms with E-state index in [1.54, 1.807) is 11.8 Å². The lowest BCUT2D eigenvalue weighted by atomic mass is 10.1. The maximum absolute atomic E-state index is 12.0. The summed E-state index contributed by atoms with van der Waals surface area (Å²) in [6, 6.07) is 7.86. The molecule has 0 bridgehead atoms. The van der Waals surface area contributed by atoms with E-state index in [2.05, 4.69) is 4.90 Å². The van der Waals surface area contributed by atoms with E-state index < -0.39 is 0 Å². The van der Waals surface area contributed by atoms with E-state index in [4.69, 9.17) is 4.74 Å². The number of hydrogen-bond acceptors (Lipinski definition) is 4. The van der Waals surface area contributed by atoms with E-state index in [1.165, 1.54) is 4.90 Å². The number of carbonyl (C=O) groups is 1. The Kier molecular flexibility index (Phi) is 7.46. The van der Waals surface area contributed by atoms with Crippen molar-refractivity contribution in [2.75, 3.05) is 39.1 Å². The molecule has 19 heavy (non-hydrogen) atoms. The Bertz CT molecular complexity index is 391. The van der Waals surface area contributed by atoms with Crippen molar-refractivity contribution in [3.63, 3.8) is 0 Å². The zero-order valence-corrected chi connectivity index (χ0v) is 12.8. The van der Waals surface area contributed by atoms with Gasteiger partial charge >= 0.3 is 0 Å². The van der Waals surface area contributed by atoms with Gasteiger partial charge < -0.3 is 4.74 Å². The van der Waals surface area contributed by atoms with Gasteiger partial charge in [-0.15, -0.1) is 24.2 Å². The van der Waals surface area contributed by atoms with Crippen molar-refractivity contribution in [3.8, 4) is 0 Å². The van der Waals surface area contributed by atoms with Crippen LogP contribution in [0.5, 0.6) is 0 Å². The molecular weight excluding hydrogens is 282 g/mol. The van der Waals surface area contributed by atoms with Gasteiger partial charge in [-0.2, -0.15) is 0 Å². The van der Waals surface area contributed by atoms with E-state index in [0.29, 0.717) is 6.42 Å². The summed E-state index contributed by atoms with van der Waals surface area (Å²) in [4.78, 5) is 15.5. The molecule has 3 nitrogen and oxygen atoms in total. The average Bonchev–Trinajstić information content (AvgIpc) is 2.46. The maximum Gasteiger partial charge on any atom is 0.164 e. The maximum atomic E-state index is 12.0. The van der Waals surface area contributed by atoms with Crippen LogP contribution < -0.4 is 0 Å². The number of ether oxygens (including phenoxy) is 1. The molecule has 0 aromatic heterocycles. The van der Waals surface area contributed by atoms with Gasteiger partial charge in [0.2, 0.25) is 0 Å². The monoisotopic (exact) mass is 301 g/mol. The van der Waals surface area contributed by atoms with Gasteiger partial charge in [0.05, 0.1) is 13.2 Å². The first-order chi connectivity index (χ1) is 8.79. The zero-order valence-electron chi connectivity index (χ0n) is 11.1. The number of nitrogens with zero attached hydrogens (tertiary/aromatic N) is 1. The van der Waals surface area contributed by atoms with Gasteiger partial charge in [-0.25, -0.2) is 0 Å². The summed E-state index contributed by atoms with van der Waals surface area (Å²) in [6.07, 6.45) is 2.63. The fourth-order valence-electron chi connectivity index (χ4n) is 2.01. The molecule has 2 rings (SSSR count). The fourth-order valence-corrected chi connectivity index (χ4v) is 2.41. The summed E-state index contributed by atoms with van der Waals surface area (Å²) in [7, 11) is 0. The largest absolute Gasteiger partial charge is 0.379 e. The summed E-state index contributed by atoms with van der Waals surface area (Å²) < 4.78 is 5.29. The molecule has 1 aromatic carbocycles. The second-order valence-electron chi connectivity index (χ2n) is 4.36. The minimum absolute atomic E-state index is 0. The van der Waals surface area contributed by atoms with Crippen LogP contribution in [-0.2, 0) is 4.74 Å². The molecule has 1 saturated heterocycles. The quantitative estimate of drug-likeness (QED) is 0.618. The third-order valence-corrected chi connectivity index (χ3v) is 3.91. The first-order valence-corrected chi connectivity index (χ1v) is 7.49. The van der Waals surface area contributed by atoms with E-state index in [0.717, 1.165) is 38.4 Å². The minimum Gasteiger partial charge on any atom is -0.379 e. The van der Waals surface area contributed by atoms with Crippen LogP contribution in [-0.4, -0.2) is 49.8 Å². The van der Waals surface area contributed by atoms with Crippen molar-refractivity contribution in [3.05, 3.63) is 29.8 Å². The smallest absolute Gasteiger partial charge is 0.164 e. The Hall–Kier alpha value is -0.550. The van der Waals surface area contributed by atoms with Crippen LogP contribution in [0, 0.1) is 0 Å². The Labute approximate surface area is 125 Å². The summed E-state index contributed by atoms with van der Waals surface area (Å²) in [5.41, 5.74) is 0.820. The minimum atomic E-state index is 0. The van der Waals surface area contributed by atoms with E-state index in [-0.39, 0.29) is 18.2 Å². The lowest BCUT2D eigenvalue weighted by Crippen LogP contribution is -2.37. The summed E-state index contributed by atoms with van der Waals surface area (Å²) in [5.74, 6) is 0.231. The van der Waals surface area contributed by atoms with Crippen LogP contribution in [0.25, 0.3) is 0 Å². The molecule has 0 radical (unpaired) electrons. The highest BCUT2D eigenvalue weighted by Gasteiger charge is 2.12. The number of hydrogen-bond donors (Lipinski definition) is 0. The van der Waals surface area contributed by atoms with Crippen molar-refractivity contribution in [2.24, 2.45) is 0 Å². The van der Waals surface area contributed by atoms with Gasteiger partial charge in [-0.3, -0.25) is 9.69 Å². The second-order valence-corrected chi connectivity index (χ2v) is 5.24. The zero-order chi connectivity index (χ0) is 12.8. The fraction of sp³-hybridized carbons (Fsp3) is 0.500. The summed E-state index contributed by atoms with van der Waals surface area (Å²) in [6.45, 7) is 4.30. The first-order valence-electron chi connectivity index (χ1n) is 6.27. The number of morpholine rings is 1. The van der Waals surface area contributed by atoms with Crippen LogP contribution in [0.4, 0.5) is 0 Å². The van der Waals surface area contributed by atoms with Crippen LogP contribution >= 0.6 is 24.2 Å². The van der Waals surface area contributed by atoms with Crippen LogP contribution in [0.3, 0.4) is 0 Å². The van der Waals surface area contributed by atoms with Crippen molar-refractivity contribution in [1.29, 1.82) is 0 Å². The molecule has 0 amide bonds. The highest BCUT2D eigenvalue weighted by molar-refractivity contribution is 7.98. The van der Waals surface area contributed by atoms with E-state index >= 15 is 0 Å². The Morgan fingerprint density at radius 2 is 1.89 bits per heavy atom. The van der Waals surface area contributed by atoms with E-state index in [1.807, 2.05) is 30.5 Å². The predicted octanol–water partition coefficient (Wildman–Crippen LogP) is 2.74. The second kappa shape index (κ2) is 8.59. The predicted molar refractivity (Wildman–Crippen MR) is 81.7 cm³/mol. The van der Waals surface area contributed by atoms with Crippen molar-refractivity contribution in [1.82, 2.24) is 4.90 Å². The molecule has 0 unspecified atom stereocenters. The normalized spacial score (nSPS) is 15.8. The van der Waals surface area contributed by atoms with Crippen molar-refractivity contribution in [2.45, 2.75) is 11.3 Å². The van der Waals surface area contributed by atoms with Crippen molar-refractivity contribution >= 4 is 30.0 Å². The average molecular weight is 302 g/mol. The third kappa shape index (κ3) is 5.15. The number of carbonyl (C=O) groups excluding carboxylic acids is 1. The molecule has 0 spiro atoms. The lowest BCUT2D eigenvalue weighted by molar-refractivity contribution is 0.0370. The molecule has 1 aliphatic heterocycles. The molecule has 1 aromatic rings. The third-order valence-electron chi connectivity index (χ3n) is 3.17. The number of benzene rings is 1. The van der Waals surface area contributed by atoms with Gasteiger partial charge in [0, 0.05) is 36.5 Å². The molecule has 106 valence electrons. The Morgan fingerprint density at radius 1 is 1.26 bits per heavy atom. The highest BCUT2D eigenvalue weighted by Crippen LogP contribution is 2.15. The van der Waals surface area contributed by atoms with Gasteiger partial charge in [0.15, 0.2) is 5.78 Å². The first kappa shape index (κ1) is 16.5. The van der Waals surface area contributed by atoms with Crippen molar-refractivity contribution < 1.29 is 9.53 Å². The molecule has 0 aliphatic carbocycles. The molecule has 5 heteroatoms. The molecular formula is C14H20ClNO2S. The SMILES string of the molecule is CSc1ccc(C(=O)CCN2CCOCC2)cc1.Cl. The highest BCUT2D eigenvalue weighted by atomic mass is 35.5. The Balaban J connectivity index is 0.00000180. The van der Waals surface area contributed by atoms with Gasteiger partial charge in [-0.1, -0.05) is 12.1 Å². The molecule has 1 fully saturated rings. The van der Waals surface area contributed by atoms with Gasteiger partial charge in [0.1, 0.15) is 0 Å². The molecule has 0 atom stereocenters. The lowest BCUT2D eigenvalue weighted by Gasteiger charge is -2.26. The molecule has 1 heterocycles. The van der Waals surface area contributed by atoms with Crippen LogP contribution in [0.15, 0.2) is 29.2 Å². The van der Waals surface area contributed by atoms with Crippen LogP contribution in [0.1, 0.15) is 16.8 Å². The van der Waals surface area contributed by atoms with Crippen LogP contribution in [0.2, 0.25) is 0 Å². The topological polar surface area (TPSA) is 29.5 Å². The molecule has 0 N–H and O–H groups in total.